The molecule has 1 aromatic carbocycles. The number of hydrogen-bond acceptors (Lipinski definition) is 4. The highest BCUT2D eigenvalue weighted by molar-refractivity contribution is 7.19. The SMILES string of the molecule is CCC(c1ccccc1)c1nc2sc(C#N)c(C)c2c(=O)[nH]1. The predicted octanol–water partition coefficient (Wildman–Crippen LogP) is 3.71. The largest absolute Gasteiger partial charge is 0.309 e. The third-order valence-electron chi connectivity index (χ3n) is 3.86. The number of hydrogen-bond donors (Lipinski definition) is 1. The Balaban J connectivity index is 2.20. The van der Waals surface area contributed by atoms with Gasteiger partial charge in [-0.3, -0.25) is 4.79 Å². The summed E-state index contributed by atoms with van der Waals surface area (Å²) in [4.78, 5) is 21.1. The minimum atomic E-state index is -0.162. The van der Waals surface area contributed by atoms with Gasteiger partial charge >= 0.3 is 0 Å². The van der Waals surface area contributed by atoms with Gasteiger partial charge in [0.25, 0.3) is 5.56 Å². The number of nitriles is 1. The summed E-state index contributed by atoms with van der Waals surface area (Å²) in [6.45, 7) is 3.87. The number of aryl methyl sites for hydroxylation is 1. The molecule has 0 fully saturated rings. The maximum Gasteiger partial charge on any atom is 0.259 e. The van der Waals surface area contributed by atoms with Crippen molar-refractivity contribution in [1.29, 1.82) is 5.26 Å². The summed E-state index contributed by atoms with van der Waals surface area (Å²) < 4.78 is 0. The first kappa shape index (κ1) is 14.5. The third-order valence-corrected chi connectivity index (χ3v) is 4.95. The molecule has 0 spiro atoms. The first-order chi connectivity index (χ1) is 10.7. The molecule has 2 heterocycles. The third kappa shape index (κ3) is 2.32. The molecule has 4 nitrogen and oxygen atoms in total. The zero-order chi connectivity index (χ0) is 15.7. The fourth-order valence-electron chi connectivity index (χ4n) is 2.70. The number of rotatable bonds is 3. The second-order valence-corrected chi connectivity index (χ2v) is 6.17. The van der Waals surface area contributed by atoms with Gasteiger partial charge in [0.05, 0.1) is 5.39 Å². The van der Waals surface area contributed by atoms with Crippen molar-refractivity contribution in [1.82, 2.24) is 9.97 Å². The molecule has 3 rings (SSSR count). The average molecular weight is 309 g/mol. The molecular formula is C17H15N3OS. The lowest BCUT2D eigenvalue weighted by Gasteiger charge is -2.14. The van der Waals surface area contributed by atoms with Gasteiger partial charge in [-0.2, -0.15) is 5.26 Å². The maximum absolute atomic E-state index is 12.4. The highest BCUT2D eigenvalue weighted by Crippen LogP contribution is 2.29. The van der Waals surface area contributed by atoms with Gasteiger partial charge in [0.15, 0.2) is 0 Å². The standard InChI is InChI=1S/C17H15N3OS/c1-3-12(11-7-5-4-6-8-11)15-19-16(21)14-10(2)13(9-18)22-17(14)20-15/h4-8,12H,3H2,1-2H3,(H,19,20,21). The Morgan fingerprint density at radius 1 is 1.36 bits per heavy atom. The van der Waals surface area contributed by atoms with Gasteiger partial charge in [-0.1, -0.05) is 37.3 Å². The van der Waals surface area contributed by atoms with Crippen molar-refractivity contribution in [3.05, 3.63) is 62.5 Å². The minimum absolute atomic E-state index is 0.0474. The Morgan fingerprint density at radius 3 is 2.73 bits per heavy atom. The van der Waals surface area contributed by atoms with E-state index in [0.717, 1.165) is 17.5 Å². The van der Waals surface area contributed by atoms with Crippen LogP contribution in [-0.4, -0.2) is 9.97 Å². The molecule has 0 radical (unpaired) electrons. The van der Waals surface area contributed by atoms with Crippen LogP contribution in [0.15, 0.2) is 35.1 Å². The molecule has 1 N–H and O–H groups in total. The van der Waals surface area contributed by atoms with Crippen molar-refractivity contribution in [2.75, 3.05) is 0 Å². The number of H-pyrrole nitrogens is 1. The second kappa shape index (κ2) is 5.74. The Kier molecular flexibility index (Phi) is 3.78. The molecule has 0 bridgehead atoms. The lowest BCUT2D eigenvalue weighted by Crippen LogP contribution is -2.15. The molecule has 0 saturated carbocycles. The minimum Gasteiger partial charge on any atom is -0.309 e. The zero-order valence-electron chi connectivity index (χ0n) is 12.4. The summed E-state index contributed by atoms with van der Waals surface area (Å²) in [6, 6.07) is 12.2. The molecule has 3 aromatic rings. The van der Waals surface area contributed by atoms with Crippen LogP contribution in [0.1, 0.15) is 41.1 Å². The summed E-state index contributed by atoms with van der Waals surface area (Å²) >= 11 is 1.28. The van der Waals surface area contributed by atoms with Crippen LogP contribution < -0.4 is 5.56 Å². The lowest BCUT2D eigenvalue weighted by atomic mass is 9.95. The molecule has 5 heteroatoms. The van der Waals surface area contributed by atoms with E-state index in [1.165, 1.54) is 11.3 Å². The van der Waals surface area contributed by atoms with Crippen LogP contribution in [-0.2, 0) is 0 Å². The van der Waals surface area contributed by atoms with Crippen LogP contribution in [0.2, 0.25) is 0 Å². The second-order valence-electron chi connectivity index (χ2n) is 5.17. The molecule has 2 aromatic heterocycles. The van der Waals surface area contributed by atoms with Crippen molar-refractivity contribution in [2.24, 2.45) is 0 Å². The van der Waals surface area contributed by atoms with Crippen LogP contribution in [0.4, 0.5) is 0 Å². The maximum atomic E-state index is 12.4. The Labute approximate surface area is 132 Å². The van der Waals surface area contributed by atoms with Crippen molar-refractivity contribution in [2.45, 2.75) is 26.2 Å². The number of benzene rings is 1. The van der Waals surface area contributed by atoms with Crippen LogP contribution in [0.3, 0.4) is 0 Å². The van der Waals surface area contributed by atoms with Crippen molar-refractivity contribution < 1.29 is 0 Å². The number of nitrogens with zero attached hydrogens (tertiary/aromatic N) is 2. The van der Waals surface area contributed by atoms with Gasteiger partial charge in [0, 0.05) is 5.92 Å². The van der Waals surface area contributed by atoms with Crippen LogP contribution in [0.5, 0.6) is 0 Å². The van der Waals surface area contributed by atoms with E-state index in [0.29, 0.717) is 20.9 Å². The highest BCUT2D eigenvalue weighted by Gasteiger charge is 2.19. The summed E-state index contributed by atoms with van der Waals surface area (Å²) in [5.74, 6) is 0.711. The number of aromatic nitrogens is 2. The quantitative estimate of drug-likeness (QED) is 0.802. The molecule has 0 aliphatic heterocycles. The van der Waals surface area contributed by atoms with Crippen molar-refractivity contribution in [3.63, 3.8) is 0 Å². The first-order valence-corrected chi connectivity index (χ1v) is 7.95. The van der Waals surface area contributed by atoms with Crippen LogP contribution in [0.25, 0.3) is 10.2 Å². The molecule has 1 atom stereocenters. The van der Waals surface area contributed by atoms with Gasteiger partial charge in [-0.05, 0) is 24.5 Å². The molecule has 0 amide bonds. The highest BCUT2D eigenvalue weighted by atomic mass is 32.1. The van der Waals surface area contributed by atoms with Crippen LogP contribution >= 0.6 is 11.3 Å². The lowest BCUT2D eigenvalue weighted by molar-refractivity contribution is 0.719. The number of nitrogens with one attached hydrogen (secondary N) is 1. The number of thiophene rings is 1. The summed E-state index contributed by atoms with van der Waals surface area (Å²) in [5.41, 5.74) is 1.68. The topological polar surface area (TPSA) is 69.5 Å². The van der Waals surface area contributed by atoms with E-state index in [2.05, 4.69) is 23.0 Å². The average Bonchev–Trinajstić information content (AvgIpc) is 2.86. The van der Waals surface area contributed by atoms with Gasteiger partial charge in [-0.25, -0.2) is 4.98 Å². The van der Waals surface area contributed by atoms with E-state index in [4.69, 9.17) is 5.26 Å². The molecule has 1 unspecified atom stereocenters. The number of fused-ring (bicyclic) bond motifs is 1. The molecule has 22 heavy (non-hydrogen) atoms. The van der Waals surface area contributed by atoms with E-state index in [9.17, 15) is 4.79 Å². The smallest absolute Gasteiger partial charge is 0.259 e. The molecule has 0 aliphatic carbocycles. The van der Waals surface area contributed by atoms with E-state index in [1.54, 1.807) is 6.92 Å². The van der Waals surface area contributed by atoms with E-state index in [1.807, 2.05) is 30.3 Å². The molecular weight excluding hydrogens is 294 g/mol. The predicted molar refractivity (Wildman–Crippen MR) is 88.3 cm³/mol. The van der Waals surface area contributed by atoms with E-state index >= 15 is 0 Å². The Hall–Kier alpha value is -2.45. The Bertz CT molecular complexity index is 919. The van der Waals surface area contributed by atoms with Crippen molar-refractivity contribution >= 4 is 21.6 Å². The summed E-state index contributed by atoms with van der Waals surface area (Å²) in [5, 5.41) is 9.67. The molecule has 110 valence electrons. The van der Waals surface area contributed by atoms with Gasteiger partial charge in [0.2, 0.25) is 0 Å². The van der Waals surface area contributed by atoms with Gasteiger partial charge < -0.3 is 4.98 Å². The van der Waals surface area contributed by atoms with Gasteiger partial charge in [0.1, 0.15) is 21.6 Å². The fraction of sp³-hybridized carbons (Fsp3) is 0.235. The summed E-state index contributed by atoms with van der Waals surface area (Å²) in [7, 11) is 0. The molecule has 0 aliphatic rings. The summed E-state index contributed by atoms with van der Waals surface area (Å²) in [6.07, 6.45) is 0.841. The van der Waals surface area contributed by atoms with Crippen molar-refractivity contribution in [3.8, 4) is 6.07 Å². The monoisotopic (exact) mass is 309 g/mol. The zero-order valence-corrected chi connectivity index (χ0v) is 13.2. The fourth-order valence-corrected chi connectivity index (χ4v) is 3.69. The molecule has 0 saturated heterocycles. The first-order valence-electron chi connectivity index (χ1n) is 7.14. The van der Waals surface area contributed by atoms with Crippen LogP contribution in [0, 0.1) is 18.3 Å². The van der Waals surface area contributed by atoms with E-state index in [-0.39, 0.29) is 11.5 Å². The normalized spacial score (nSPS) is 12.2. The van der Waals surface area contributed by atoms with Gasteiger partial charge in [-0.15, -0.1) is 11.3 Å². The number of aromatic amines is 1. The van der Waals surface area contributed by atoms with E-state index < -0.39 is 0 Å². The Morgan fingerprint density at radius 2 is 2.09 bits per heavy atom.